The summed E-state index contributed by atoms with van der Waals surface area (Å²) in [5.41, 5.74) is 14.0. The second kappa shape index (κ2) is 18.1. The van der Waals surface area contributed by atoms with E-state index in [0.717, 1.165) is 28.8 Å². The zero-order chi connectivity index (χ0) is 34.9. The summed E-state index contributed by atoms with van der Waals surface area (Å²) in [6, 6.07) is 65.2. The van der Waals surface area contributed by atoms with Gasteiger partial charge in [-0.25, -0.2) is 0 Å². The van der Waals surface area contributed by atoms with Crippen molar-refractivity contribution in [2.45, 2.75) is 32.1 Å². The quantitative estimate of drug-likeness (QED) is 0.115. The standard InChI is InChI=1S/C39H29.C12H10Si.2ClH.Zr/c1-2-11-28-24-37-34(38(28)33-19-9-18-32-29-15-6-3-14-27(29)23-36(32)33)20-10-21-35(37)39-30-16-7-4-12-25(30)22-26-13-5-8-17-31(26)39;1-3-7-11(8-4-1)13-12-9-5-2-6-10-12;;;/h3-10,12-18,20-22,24,38H,2,11,23H2,1H3;1-10H;2*1H;/q-1;;;;+3/p-2. The molecule has 10 rings (SSSR count). The van der Waals surface area contributed by atoms with E-state index in [1.165, 1.54) is 87.6 Å². The molecule has 1 atom stereocenters. The van der Waals surface area contributed by atoms with Crippen molar-refractivity contribution >= 4 is 47.5 Å². The molecule has 55 heavy (non-hydrogen) atoms. The molecule has 0 saturated heterocycles. The van der Waals surface area contributed by atoms with Crippen molar-refractivity contribution in [3.05, 3.63) is 209 Å². The molecule has 0 heterocycles. The van der Waals surface area contributed by atoms with Crippen molar-refractivity contribution in [2.24, 2.45) is 0 Å². The van der Waals surface area contributed by atoms with Crippen LogP contribution in [0.25, 0.3) is 49.9 Å². The molecule has 265 valence electrons. The maximum absolute atomic E-state index is 3.75. The Morgan fingerprint density at radius 1 is 0.600 bits per heavy atom. The van der Waals surface area contributed by atoms with Crippen LogP contribution in [0.15, 0.2) is 175 Å². The molecule has 8 aromatic carbocycles. The number of allylic oxidation sites excluding steroid dienone is 1. The largest absolute Gasteiger partial charge is 3.00 e. The molecular weight excluding hydrogens is 803 g/mol. The molecule has 2 aliphatic rings. The van der Waals surface area contributed by atoms with Crippen LogP contribution < -0.4 is 35.2 Å². The minimum Gasteiger partial charge on any atom is -1.00 e. The Morgan fingerprint density at radius 2 is 1.18 bits per heavy atom. The molecule has 0 saturated carbocycles. The minimum atomic E-state index is 0. The Morgan fingerprint density at radius 3 is 1.84 bits per heavy atom. The molecule has 0 aromatic heterocycles. The van der Waals surface area contributed by atoms with Gasteiger partial charge < -0.3 is 24.8 Å². The predicted octanol–water partition coefficient (Wildman–Crippen LogP) is 5.71. The molecule has 0 aliphatic heterocycles. The average Bonchev–Trinajstić information content (AvgIpc) is 3.77. The fourth-order valence-electron chi connectivity index (χ4n) is 8.42. The van der Waals surface area contributed by atoms with E-state index in [4.69, 9.17) is 0 Å². The SMILES string of the molecule is CCCC1=Cc2c(-c3c4ccccc4cc4ccccc34)cccc2C1c1[c-]ccc2c1Cc1ccccc1-2.[Cl-].[Cl-].[Zr+3].c1ccc([Si]c2ccccc2)cc1. The van der Waals surface area contributed by atoms with Crippen LogP contribution in [0.1, 0.15) is 53.5 Å². The molecule has 8 aromatic rings. The van der Waals surface area contributed by atoms with Crippen LogP contribution in [-0.4, -0.2) is 9.52 Å². The molecule has 0 spiro atoms. The molecule has 1 unspecified atom stereocenters. The number of fused-ring (bicyclic) bond motifs is 6. The molecule has 0 bridgehead atoms. The van der Waals surface area contributed by atoms with Gasteiger partial charge in [0.05, 0.1) is 0 Å². The van der Waals surface area contributed by atoms with Crippen LogP contribution in [0.2, 0.25) is 0 Å². The summed E-state index contributed by atoms with van der Waals surface area (Å²) in [5, 5.41) is 8.02. The summed E-state index contributed by atoms with van der Waals surface area (Å²) in [6.45, 7) is 2.30. The third-order valence-corrected chi connectivity index (χ3v) is 11.9. The van der Waals surface area contributed by atoms with Crippen LogP contribution in [0.3, 0.4) is 0 Å². The maximum atomic E-state index is 3.75. The second-order valence-corrected chi connectivity index (χ2v) is 15.3. The van der Waals surface area contributed by atoms with E-state index < -0.39 is 0 Å². The van der Waals surface area contributed by atoms with Crippen molar-refractivity contribution in [1.82, 2.24) is 0 Å². The Bertz CT molecular complexity index is 2510. The Balaban J connectivity index is 0.000000275. The number of hydrogen-bond donors (Lipinski definition) is 0. The molecule has 0 amide bonds. The first-order valence-electron chi connectivity index (χ1n) is 18.5. The van der Waals surface area contributed by atoms with Gasteiger partial charge in [-0.05, 0) is 73.8 Å². The minimum absolute atomic E-state index is 0. The first-order valence-corrected chi connectivity index (χ1v) is 19.5. The van der Waals surface area contributed by atoms with Crippen LogP contribution in [-0.2, 0) is 32.6 Å². The summed E-state index contributed by atoms with van der Waals surface area (Å²) in [5.74, 6) is 0.255. The van der Waals surface area contributed by atoms with Crippen molar-refractivity contribution in [2.75, 3.05) is 0 Å². The average molecular weight is 842 g/mol. The van der Waals surface area contributed by atoms with Crippen LogP contribution in [0.4, 0.5) is 0 Å². The van der Waals surface area contributed by atoms with E-state index in [9.17, 15) is 0 Å². The smallest absolute Gasteiger partial charge is 1.00 e. The van der Waals surface area contributed by atoms with Crippen molar-refractivity contribution in [3.63, 3.8) is 0 Å². The van der Waals surface area contributed by atoms with E-state index in [1.54, 1.807) is 0 Å². The van der Waals surface area contributed by atoms with Gasteiger partial charge in [0.2, 0.25) is 0 Å². The summed E-state index contributed by atoms with van der Waals surface area (Å²) in [6.07, 6.45) is 5.75. The number of rotatable bonds is 6. The van der Waals surface area contributed by atoms with Gasteiger partial charge in [0.1, 0.15) is 9.52 Å². The first-order chi connectivity index (χ1) is 25.8. The van der Waals surface area contributed by atoms with Crippen molar-refractivity contribution in [3.8, 4) is 22.3 Å². The molecule has 0 nitrogen and oxygen atoms in total. The Kier molecular flexibility index (Phi) is 13.3. The molecule has 0 fully saturated rings. The van der Waals surface area contributed by atoms with Crippen molar-refractivity contribution < 1.29 is 51.0 Å². The van der Waals surface area contributed by atoms with E-state index in [-0.39, 0.29) is 56.9 Å². The summed E-state index contributed by atoms with van der Waals surface area (Å²) >= 11 is 0. The Hall–Kier alpha value is -4.30. The third-order valence-electron chi connectivity index (χ3n) is 10.7. The van der Waals surface area contributed by atoms with Gasteiger partial charge in [0.25, 0.3) is 0 Å². The van der Waals surface area contributed by atoms with E-state index in [1.807, 2.05) is 0 Å². The van der Waals surface area contributed by atoms with Gasteiger partial charge >= 0.3 is 26.2 Å². The molecule has 2 aliphatic carbocycles. The van der Waals surface area contributed by atoms with Gasteiger partial charge in [-0.15, -0.1) is 16.7 Å². The van der Waals surface area contributed by atoms with Gasteiger partial charge in [0, 0.05) is 5.92 Å². The molecule has 0 N–H and O–H groups in total. The number of benzene rings is 8. The number of halogens is 2. The summed E-state index contributed by atoms with van der Waals surface area (Å²) in [7, 11) is 0.777. The third kappa shape index (κ3) is 7.89. The normalized spacial score (nSPS) is 13.2. The predicted molar refractivity (Wildman–Crippen MR) is 223 cm³/mol. The second-order valence-electron chi connectivity index (χ2n) is 13.9. The van der Waals surface area contributed by atoms with Crippen LogP contribution >= 0.6 is 0 Å². The van der Waals surface area contributed by atoms with E-state index in [2.05, 4.69) is 189 Å². The van der Waals surface area contributed by atoms with Gasteiger partial charge in [-0.2, -0.15) is 18.2 Å². The maximum Gasteiger partial charge on any atom is 3.00 e. The zero-order valence-electron chi connectivity index (χ0n) is 30.7. The Labute approximate surface area is 359 Å². The van der Waals surface area contributed by atoms with E-state index in [0.29, 0.717) is 0 Å². The first kappa shape index (κ1) is 40.4. The van der Waals surface area contributed by atoms with Gasteiger partial charge in [-0.3, -0.25) is 0 Å². The van der Waals surface area contributed by atoms with Gasteiger partial charge in [0.15, 0.2) is 0 Å². The van der Waals surface area contributed by atoms with Crippen LogP contribution in [0, 0.1) is 6.07 Å². The summed E-state index contributed by atoms with van der Waals surface area (Å²) in [4.78, 5) is 0. The monoisotopic (exact) mass is 839 g/mol. The van der Waals surface area contributed by atoms with E-state index >= 15 is 0 Å². The number of hydrogen-bond acceptors (Lipinski definition) is 0. The fourth-order valence-corrected chi connectivity index (χ4v) is 9.47. The van der Waals surface area contributed by atoms with Crippen molar-refractivity contribution in [1.29, 1.82) is 0 Å². The van der Waals surface area contributed by atoms with Crippen LogP contribution in [0.5, 0.6) is 0 Å². The fraction of sp³-hybridized carbons (Fsp3) is 0.0980. The molecular formula is C51H39Cl2SiZr. The van der Waals surface area contributed by atoms with Gasteiger partial charge in [-0.1, -0.05) is 187 Å². The topological polar surface area (TPSA) is 0 Å². The molecule has 3 radical (unpaired) electrons. The molecule has 4 heteroatoms. The zero-order valence-corrected chi connectivity index (χ0v) is 35.7. The summed E-state index contributed by atoms with van der Waals surface area (Å²) < 4.78 is 0.